The summed E-state index contributed by atoms with van der Waals surface area (Å²) in [6.07, 6.45) is 3.84. The second kappa shape index (κ2) is 7.93. The number of amides is 1. The normalized spacial score (nSPS) is 14.9. The first kappa shape index (κ1) is 16.5. The molecule has 1 heterocycles. The summed E-state index contributed by atoms with van der Waals surface area (Å²) in [5.74, 6) is 0.965. The minimum atomic E-state index is -0.620. The lowest BCUT2D eigenvalue weighted by Gasteiger charge is -2.12. The van der Waals surface area contributed by atoms with Crippen LogP contribution in [0.25, 0.3) is 0 Å². The first-order valence-electron chi connectivity index (χ1n) is 8.30. The summed E-state index contributed by atoms with van der Waals surface area (Å²) in [5, 5.41) is 12.7. The van der Waals surface area contributed by atoms with E-state index in [1.165, 1.54) is 19.0 Å². The molecule has 1 aliphatic rings. The Morgan fingerprint density at radius 2 is 2.04 bits per heavy atom. The highest BCUT2D eigenvalue weighted by atomic mass is 16.5. The number of pyridine rings is 1. The number of aromatic nitrogens is 1. The molecule has 0 spiro atoms. The van der Waals surface area contributed by atoms with E-state index >= 15 is 0 Å². The minimum absolute atomic E-state index is 0.202. The number of nitrogens with zero attached hydrogens (tertiary/aromatic N) is 1. The largest absolute Gasteiger partial charge is 0.477 e. The Labute approximate surface area is 141 Å². The minimum Gasteiger partial charge on any atom is -0.477 e. The van der Waals surface area contributed by atoms with Crippen LogP contribution in [-0.2, 0) is 6.42 Å². The molecule has 126 valence electrons. The third-order valence-electron chi connectivity index (χ3n) is 3.97. The fraction of sp³-hybridized carbons (Fsp3) is 0.368. The third kappa shape index (κ3) is 5.06. The van der Waals surface area contributed by atoms with Gasteiger partial charge in [-0.25, -0.2) is 4.98 Å². The lowest BCUT2D eigenvalue weighted by molar-refractivity contribution is 0.0915. The molecule has 1 atom stereocenters. The molecule has 2 N–H and O–H groups in total. The zero-order valence-corrected chi connectivity index (χ0v) is 13.5. The van der Waals surface area contributed by atoms with Crippen LogP contribution >= 0.6 is 0 Å². The number of aliphatic hydroxyl groups excluding tert-OH is 1. The number of nitrogens with one attached hydrogen (secondary N) is 1. The van der Waals surface area contributed by atoms with Crippen LogP contribution in [0.15, 0.2) is 48.7 Å². The van der Waals surface area contributed by atoms with Crippen LogP contribution in [0.2, 0.25) is 0 Å². The average molecular weight is 326 g/mol. The molecular weight excluding hydrogens is 304 g/mol. The number of ether oxygens (including phenoxy) is 1. The predicted molar refractivity (Wildman–Crippen MR) is 90.9 cm³/mol. The molecule has 3 rings (SSSR count). The van der Waals surface area contributed by atoms with Crippen LogP contribution in [0.3, 0.4) is 0 Å². The first-order valence-corrected chi connectivity index (χ1v) is 8.30. The number of rotatable bonds is 8. The van der Waals surface area contributed by atoms with Crippen molar-refractivity contribution in [3.63, 3.8) is 0 Å². The number of benzene rings is 1. The summed E-state index contributed by atoms with van der Waals surface area (Å²) >= 11 is 0. The summed E-state index contributed by atoms with van der Waals surface area (Å²) in [5.41, 5.74) is 1.50. The molecule has 0 saturated heterocycles. The van der Waals surface area contributed by atoms with Gasteiger partial charge in [0, 0.05) is 25.2 Å². The highest BCUT2D eigenvalue weighted by molar-refractivity contribution is 5.93. The van der Waals surface area contributed by atoms with Gasteiger partial charge in [-0.3, -0.25) is 4.79 Å². The van der Waals surface area contributed by atoms with Crippen molar-refractivity contribution < 1.29 is 14.6 Å². The number of hydrogen-bond donors (Lipinski definition) is 2. The zero-order chi connectivity index (χ0) is 16.8. The molecule has 0 aliphatic heterocycles. The van der Waals surface area contributed by atoms with Gasteiger partial charge in [-0.15, -0.1) is 0 Å². The van der Waals surface area contributed by atoms with Crippen molar-refractivity contribution in [3.05, 3.63) is 59.8 Å². The van der Waals surface area contributed by atoms with E-state index < -0.39 is 6.10 Å². The highest BCUT2D eigenvalue weighted by Gasteiger charge is 2.22. The predicted octanol–water partition coefficient (Wildman–Crippen LogP) is 2.20. The first-order chi connectivity index (χ1) is 11.7. The fourth-order valence-electron chi connectivity index (χ4n) is 2.36. The van der Waals surface area contributed by atoms with Crippen LogP contribution in [0.1, 0.15) is 28.8 Å². The summed E-state index contributed by atoms with van der Waals surface area (Å²) in [4.78, 5) is 16.2. The Kier molecular flexibility index (Phi) is 5.43. The van der Waals surface area contributed by atoms with Gasteiger partial charge >= 0.3 is 0 Å². The molecule has 1 aromatic carbocycles. The van der Waals surface area contributed by atoms with E-state index in [1.54, 1.807) is 12.1 Å². The van der Waals surface area contributed by atoms with Gasteiger partial charge in [0.2, 0.25) is 5.88 Å². The van der Waals surface area contributed by atoms with Crippen molar-refractivity contribution >= 4 is 5.91 Å². The van der Waals surface area contributed by atoms with Gasteiger partial charge in [0.25, 0.3) is 5.91 Å². The molecule has 1 amide bonds. The molecule has 5 nitrogen and oxygen atoms in total. The van der Waals surface area contributed by atoms with Crippen molar-refractivity contribution in [2.45, 2.75) is 25.4 Å². The highest BCUT2D eigenvalue weighted by Crippen LogP contribution is 2.29. The van der Waals surface area contributed by atoms with E-state index in [2.05, 4.69) is 10.3 Å². The maximum absolute atomic E-state index is 12.1. The Morgan fingerprint density at radius 3 is 2.71 bits per heavy atom. The quantitative estimate of drug-likeness (QED) is 0.780. The maximum atomic E-state index is 12.1. The maximum Gasteiger partial charge on any atom is 0.252 e. The molecule has 1 saturated carbocycles. The number of carbonyl (C=O) groups excluding carboxylic acids is 1. The van der Waals surface area contributed by atoms with Crippen molar-refractivity contribution in [2.75, 3.05) is 13.2 Å². The molecule has 24 heavy (non-hydrogen) atoms. The van der Waals surface area contributed by atoms with Crippen molar-refractivity contribution in [3.8, 4) is 5.88 Å². The molecule has 1 aliphatic carbocycles. The zero-order valence-electron chi connectivity index (χ0n) is 13.5. The van der Waals surface area contributed by atoms with Gasteiger partial charge in [-0.2, -0.15) is 0 Å². The molecule has 1 aromatic heterocycles. The van der Waals surface area contributed by atoms with Crippen LogP contribution in [0.4, 0.5) is 0 Å². The lowest BCUT2D eigenvalue weighted by atomic mass is 10.1. The van der Waals surface area contributed by atoms with E-state index in [-0.39, 0.29) is 12.5 Å². The average Bonchev–Trinajstić information content (AvgIpc) is 3.44. The van der Waals surface area contributed by atoms with Crippen LogP contribution in [-0.4, -0.2) is 35.3 Å². The topological polar surface area (TPSA) is 71.5 Å². The summed E-state index contributed by atoms with van der Waals surface area (Å²) in [6.45, 7) is 0.901. The van der Waals surface area contributed by atoms with E-state index in [0.717, 1.165) is 5.56 Å². The monoisotopic (exact) mass is 326 g/mol. The molecule has 0 bridgehead atoms. The fourth-order valence-corrected chi connectivity index (χ4v) is 2.36. The number of carbonyl (C=O) groups is 1. The Hall–Kier alpha value is -2.40. The van der Waals surface area contributed by atoms with Gasteiger partial charge in [0.05, 0.1) is 18.3 Å². The van der Waals surface area contributed by atoms with Crippen molar-refractivity contribution in [2.24, 2.45) is 5.92 Å². The van der Waals surface area contributed by atoms with Gasteiger partial charge in [0.15, 0.2) is 0 Å². The van der Waals surface area contributed by atoms with E-state index in [0.29, 0.717) is 30.4 Å². The van der Waals surface area contributed by atoms with Gasteiger partial charge in [-0.1, -0.05) is 30.3 Å². The van der Waals surface area contributed by atoms with Gasteiger partial charge < -0.3 is 15.2 Å². The Morgan fingerprint density at radius 1 is 1.25 bits per heavy atom. The third-order valence-corrected chi connectivity index (χ3v) is 3.97. The number of hydrogen-bond acceptors (Lipinski definition) is 4. The molecule has 1 unspecified atom stereocenters. The summed E-state index contributed by atoms with van der Waals surface area (Å²) < 4.78 is 5.55. The Balaban J connectivity index is 1.43. The second-order valence-electron chi connectivity index (χ2n) is 6.19. The summed E-state index contributed by atoms with van der Waals surface area (Å²) in [7, 11) is 0. The number of aliphatic hydroxyl groups is 1. The van der Waals surface area contributed by atoms with E-state index in [1.807, 2.05) is 30.3 Å². The van der Waals surface area contributed by atoms with Crippen molar-refractivity contribution in [1.82, 2.24) is 10.3 Å². The molecular formula is C19H22N2O3. The Bertz CT molecular complexity index is 654. The smallest absolute Gasteiger partial charge is 0.252 e. The lowest BCUT2D eigenvalue weighted by Crippen LogP contribution is -2.33. The molecule has 1 fully saturated rings. The van der Waals surface area contributed by atoms with Crippen LogP contribution in [0.5, 0.6) is 5.88 Å². The van der Waals surface area contributed by atoms with Crippen LogP contribution in [0, 0.1) is 5.92 Å². The van der Waals surface area contributed by atoms with Gasteiger partial charge in [-0.05, 0) is 30.4 Å². The van der Waals surface area contributed by atoms with E-state index in [4.69, 9.17) is 4.74 Å². The van der Waals surface area contributed by atoms with E-state index in [9.17, 15) is 9.90 Å². The second-order valence-corrected chi connectivity index (χ2v) is 6.19. The van der Waals surface area contributed by atoms with Crippen molar-refractivity contribution in [1.29, 1.82) is 0 Å². The van der Waals surface area contributed by atoms with Gasteiger partial charge in [0.1, 0.15) is 0 Å². The molecule has 2 aromatic rings. The SMILES string of the molecule is O=C(NCC(O)Cc1ccccc1)c1ccc(OCC2CC2)nc1. The summed E-state index contributed by atoms with van der Waals surface area (Å²) in [6, 6.07) is 13.1. The van der Waals surface area contributed by atoms with Crippen LogP contribution < -0.4 is 10.1 Å². The standard InChI is InChI=1S/C19H22N2O3/c22-17(10-14-4-2-1-3-5-14)12-21-19(23)16-8-9-18(20-11-16)24-13-15-6-7-15/h1-5,8-9,11,15,17,22H,6-7,10,12-13H2,(H,21,23). The molecule has 5 heteroatoms. The molecule has 0 radical (unpaired) electrons.